The molecular formula is C30H44N2O5S. The Labute approximate surface area is 232 Å². The van der Waals surface area contributed by atoms with Crippen LogP contribution in [0, 0.1) is 5.92 Å². The molecule has 2 aliphatic heterocycles. The summed E-state index contributed by atoms with van der Waals surface area (Å²) < 4.78 is 22.8. The lowest BCUT2D eigenvalue weighted by atomic mass is 9.85. The van der Waals surface area contributed by atoms with E-state index in [1.54, 1.807) is 14.2 Å². The number of rotatable bonds is 14. The lowest BCUT2D eigenvalue weighted by Gasteiger charge is -2.36. The van der Waals surface area contributed by atoms with Gasteiger partial charge in [0.2, 0.25) is 0 Å². The van der Waals surface area contributed by atoms with Crippen LogP contribution in [-0.2, 0) is 20.8 Å². The SMILES string of the molecule is COCCCN1CCOc2ccc(CO[C@H]3CNC[C@@H](O)C3c3ccc(SCC[C@@H](C)COC)cc3)cc21. The lowest BCUT2D eigenvalue weighted by Crippen LogP contribution is -2.49. The van der Waals surface area contributed by atoms with Gasteiger partial charge in [0.1, 0.15) is 12.4 Å². The number of aliphatic hydroxyl groups excluding tert-OH is 1. The molecule has 0 amide bonds. The summed E-state index contributed by atoms with van der Waals surface area (Å²) in [6.07, 6.45) is 1.50. The Bertz CT molecular complexity index is 976. The molecule has 4 atom stereocenters. The summed E-state index contributed by atoms with van der Waals surface area (Å²) in [5, 5.41) is 14.3. The van der Waals surface area contributed by atoms with Crippen LogP contribution in [0.3, 0.4) is 0 Å². The molecule has 0 aromatic heterocycles. The molecule has 210 valence electrons. The van der Waals surface area contributed by atoms with Crippen molar-refractivity contribution in [3.8, 4) is 5.75 Å². The van der Waals surface area contributed by atoms with Crippen molar-refractivity contribution in [1.29, 1.82) is 0 Å². The average molecular weight is 545 g/mol. The zero-order valence-electron chi connectivity index (χ0n) is 23.1. The van der Waals surface area contributed by atoms with E-state index in [0.29, 0.717) is 32.2 Å². The van der Waals surface area contributed by atoms with E-state index in [0.717, 1.165) is 67.5 Å². The van der Waals surface area contributed by atoms with Crippen LogP contribution in [0.1, 0.15) is 36.8 Å². The molecule has 0 bridgehead atoms. The molecule has 38 heavy (non-hydrogen) atoms. The van der Waals surface area contributed by atoms with Crippen LogP contribution in [0.25, 0.3) is 0 Å². The van der Waals surface area contributed by atoms with Gasteiger partial charge in [-0.25, -0.2) is 0 Å². The number of β-amino-alcohol motifs (C(OH)–C–C–N with tert-alkyl or cyclic N) is 1. The van der Waals surface area contributed by atoms with Gasteiger partial charge in [0.25, 0.3) is 0 Å². The minimum Gasteiger partial charge on any atom is -0.490 e. The smallest absolute Gasteiger partial charge is 0.142 e. The molecule has 1 saturated heterocycles. The summed E-state index contributed by atoms with van der Waals surface area (Å²) in [4.78, 5) is 3.62. The first-order valence-electron chi connectivity index (χ1n) is 13.8. The number of ether oxygens (including phenoxy) is 4. The third kappa shape index (κ3) is 8.10. The molecule has 0 saturated carbocycles. The van der Waals surface area contributed by atoms with E-state index in [-0.39, 0.29) is 12.0 Å². The van der Waals surface area contributed by atoms with Gasteiger partial charge in [0, 0.05) is 57.9 Å². The van der Waals surface area contributed by atoms with Crippen LogP contribution in [0.15, 0.2) is 47.4 Å². The summed E-state index contributed by atoms with van der Waals surface area (Å²) in [7, 11) is 3.50. The molecule has 0 spiro atoms. The Kier molecular flexibility index (Phi) is 11.6. The first-order valence-corrected chi connectivity index (χ1v) is 14.8. The number of aliphatic hydroxyl groups is 1. The second kappa shape index (κ2) is 15.1. The predicted molar refractivity (Wildman–Crippen MR) is 154 cm³/mol. The van der Waals surface area contributed by atoms with Crippen molar-refractivity contribution in [3.05, 3.63) is 53.6 Å². The summed E-state index contributed by atoms with van der Waals surface area (Å²) in [5.41, 5.74) is 3.36. The molecular weight excluding hydrogens is 500 g/mol. The summed E-state index contributed by atoms with van der Waals surface area (Å²) >= 11 is 1.87. The van der Waals surface area contributed by atoms with Crippen molar-refractivity contribution < 1.29 is 24.1 Å². The quantitative estimate of drug-likeness (QED) is 0.269. The van der Waals surface area contributed by atoms with Gasteiger partial charge >= 0.3 is 0 Å². The predicted octanol–water partition coefficient (Wildman–Crippen LogP) is 4.32. The van der Waals surface area contributed by atoms with Crippen LogP contribution in [0.4, 0.5) is 5.69 Å². The number of anilines is 1. The van der Waals surface area contributed by atoms with Crippen LogP contribution >= 0.6 is 11.8 Å². The molecule has 1 fully saturated rings. The van der Waals surface area contributed by atoms with E-state index in [2.05, 4.69) is 53.5 Å². The second-order valence-electron chi connectivity index (χ2n) is 10.4. The van der Waals surface area contributed by atoms with Crippen LogP contribution in [-0.4, -0.2) is 83.3 Å². The first kappa shape index (κ1) is 29.2. The number of benzene rings is 2. The fourth-order valence-corrected chi connectivity index (χ4v) is 6.33. The maximum atomic E-state index is 10.9. The van der Waals surface area contributed by atoms with Gasteiger partial charge in [-0.05, 0) is 59.9 Å². The number of thioether (sulfide) groups is 1. The minimum absolute atomic E-state index is 0.0662. The number of fused-ring (bicyclic) bond motifs is 1. The average Bonchev–Trinajstić information content (AvgIpc) is 2.93. The van der Waals surface area contributed by atoms with E-state index >= 15 is 0 Å². The monoisotopic (exact) mass is 544 g/mol. The van der Waals surface area contributed by atoms with Gasteiger partial charge in [0.15, 0.2) is 0 Å². The topological polar surface area (TPSA) is 72.4 Å². The van der Waals surface area contributed by atoms with Crippen LogP contribution < -0.4 is 15.0 Å². The summed E-state index contributed by atoms with van der Waals surface area (Å²) in [6.45, 7) is 8.08. The van der Waals surface area contributed by atoms with Crippen molar-refractivity contribution in [2.24, 2.45) is 5.92 Å². The zero-order valence-corrected chi connectivity index (χ0v) is 23.9. The number of nitrogens with zero attached hydrogens (tertiary/aromatic N) is 1. The van der Waals surface area contributed by atoms with Crippen molar-refractivity contribution in [3.63, 3.8) is 0 Å². The molecule has 0 aliphatic carbocycles. The van der Waals surface area contributed by atoms with Gasteiger partial charge in [-0.15, -0.1) is 11.8 Å². The van der Waals surface area contributed by atoms with Crippen molar-refractivity contribution in [1.82, 2.24) is 5.32 Å². The molecule has 2 heterocycles. The van der Waals surface area contributed by atoms with E-state index < -0.39 is 6.10 Å². The Morgan fingerprint density at radius 2 is 1.97 bits per heavy atom. The number of piperidine rings is 1. The molecule has 2 aliphatic rings. The molecule has 2 aromatic rings. The van der Waals surface area contributed by atoms with Crippen LogP contribution in [0.5, 0.6) is 5.75 Å². The normalized spacial score (nSPS) is 22.1. The standard InChI is InChI=1S/C30H44N2O5S/c1-22(20-35-3)11-16-38-25-8-6-24(7-9-25)30-27(33)18-31-19-29(30)37-21-23-5-10-28-26(17-23)32(13-15-36-28)12-4-14-34-2/h5-10,17,22,27,29-31,33H,4,11-16,18-21H2,1-3H3/t22-,27-,29+,30?/m1/s1. The largest absolute Gasteiger partial charge is 0.490 e. The molecule has 4 rings (SSSR count). The van der Waals surface area contributed by atoms with Crippen molar-refractivity contribution in [2.75, 3.05) is 70.9 Å². The minimum atomic E-state index is -0.490. The lowest BCUT2D eigenvalue weighted by molar-refractivity contribution is -0.0328. The maximum Gasteiger partial charge on any atom is 0.142 e. The van der Waals surface area contributed by atoms with Gasteiger partial charge in [-0.2, -0.15) is 0 Å². The van der Waals surface area contributed by atoms with Gasteiger partial charge in [-0.3, -0.25) is 0 Å². The van der Waals surface area contributed by atoms with Gasteiger partial charge in [-0.1, -0.05) is 25.1 Å². The molecule has 2 aromatic carbocycles. The number of hydrogen-bond acceptors (Lipinski definition) is 8. The fraction of sp³-hybridized carbons (Fsp3) is 0.600. The van der Waals surface area contributed by atoms with Gasteiger partial charge in [0.05, 0.1) is 31.0 Å². The van der Waals surface area contributed by atoms with Crippen molar-refractivity contribution in [2.45, 2.75) is 49.4 Å². The first-order chi connectivity index (χ1) is 18.6. The second-order valence-corrected chi connectivity index (χ2v) is 11.5. The highest BCUT2D eigenvalue weighted by molar-refractivity contribution is 7.99. The third-order valence-corrected chi connectivity index (χ3v) is 8.38. The molecule has 7 nitrogen and oxygen atoms in total. The molecule has 0 radical (unpaired) electrons. The molecule has 8 heteroatoms. The maximum absolute atomic E-state index is 10.9. The van der Waals surface area contributed by atoms with Gasteiger partial charge < -0.3 is 34.3 Å². The van der Waals surface area contributed by atoms with Crippen LogP contribution in [0.2, 0.25) is 0 Å². The summed E-state index contributed by atoms with van der Waals surface area (Å²) in [5.74, 6) is 2.50. The molecule has 2 N–H and O–H groups in total. The Balaban J connectivity index is 1.37. The Morgan fingerprint density at radius 1 is 1.13 bits per heavy atom. The summed E-state index contributed by atoms with van der Waals surface area (Å²) in [6, 6.07) is 15.0. The van der Waals surface area contributed by atoms with E-state index in [1.165, 1.54) is 4.90 Å². The number of hydrogen-bond donors (Lipinski definition) is 2. The third-order valence-electron chi connectivity index (χ3n) is 7.33. The highest BCUT2D eigenvalue weighted by atomic mass is 32.2. The molecule has 1 unspecified atom stereocenters. The van der Waals surface area contributed by atoms with E-state index in [9.17, 15) is 5.11 Å². The Morgan fingerprint density at radius 3 is 2.76 bits per heavy atom. The van der Waals surface area contributed by atoms with E-state index in [4.69, 9.17) is 18.9 Å². The van der Waals surface area contributed by atoms with E-state index in [1.807, 2.05) is 17.8 Å². The van der Waals surface area contributed by atoms with Crippen molar-refractivity contribution >= 4 is 17.4 Å². The zero-order chi connectivity index (χ0) is 26.7. The fourth-order valence-electron chi connectivity index (χ4n) is 5.25. The number of methoxy groups -OCH3 is 2. The highest BCUT2D eigenvalue weighted by Gasteiger charge is 2.34. The number of nitrogens with one attached hydrogen (secondary N) is 1. The Hall–Kier alpha value is -1.81. The highest BCUT2D eigenvalue weighted by Crippen LogP contribution is 2.34.